The Bertz CT molecular complexity index is 1720. The highest BCUT2D eigenvalue weighted by atomic mass is 19.1. The molecule has 0 unspecified atom stereocenters. The number of aromatic nitrogens is 7. The first-order valence-electron chi connectivity index (χ1n) is 11.7. The lowest BCUT2D eigenvalue weighted by Crippen LogP contribution is -2.09. The van der Waals surface area contributed by atoms with Gasteiger partial charge in [-0.15, -0.1) is 0 Å². The van der Waals surface area contributed by atoms with Gasteiger partial charge in [0.15, 0.2) is 11.5 Å². The third kappa shape index (κ3) is 3.74. The number of hydrogen-bond acceptors (Lipinski definition) is 6. The number of aromatic amines is 2. The number of benzene rings is 1. The molecule has 0 aliphatic heterocycles. The maximum atomic E-state index is 16.1. The summed E-state index contributed by atoms with van der Waals surface area (Å²) in [5, 5.41) is 10.8. The second kappa shape index (κ2) is 8.53. The maximum absolute atomic E-state index is 16.1. The van der Waals surface area contributed by atoms with Crippen LogP contribution in [-0.2, 0) is 0 Å². The molecule has 0 amide bonds. The van der Waals surface area contributed by atoms with E-state index in [1.165, 1.54) is 6.20 Å². The fraction of sp³-hybridized carbons (Fsp3) is 0.148. The van der Waals surface area contributed by atoms with Gasteiger partial charge in [-0.3, -0.25) is 15.1 Å². The molecule has 5 heterocycles. The molecule has 6 rings (SSSR count). The van der Waals surface area contributed by atoms with Gasteiger partial charge in [-0.25, -0.2) is 14.4 Å². The van der Waals surface area contributed by atoms with E-state index in [1.54, 1.807) is 12.4 Å². The van der Waals surface area contributed by atoms with E-state index in [0.717, 1.165) is 22.3 Å². The smallest absolute Gasteiger partial charge is 0.184 e. The fourth-order valence-corrected chi connectivity index (χ4v) is 4.42. The van der Waals surface area contributed by atoms with E-state index >= 15 is 4.39 Å². The normalized spacial score (nSPS) is 11.6. The van der Waals surface area contributed by atoms with Crippen LogP contribution in [0, 0.1) is 12.7 Å². The molecule has 36 heavy (non-hydrogen) atoms. The Kier molecular flexibility index (Phi) is 5.18. The summed E-state index contributed by atoms with van der Waals surface area (Å²) < 4.78 is 16.1. The molecule has 6 aromatic rings. The number of nitrogens with one attached hydrogen (secondary N) is 3. The zero-order valence-corrected chi connectivity index (χ0v) is 20.0. The van der Waals surface area contributed by atoms with Crippen molar-refractivity contribution in [1.82, 2.24) is 35.1 Å². The van der Waals surface area contributed by atoms with Crippen LogP contribution in [0.2, 0.25) is 0 Å². The second-order valence-corrected chi connectivity index (χ2v) is 9.03. The van der Waals surface area contributed by atoms with Gasteiger partial charge in [-0.05, 0) is 62.2 Å². The van der Waals surface area contributed by atoms with Gasteiger partial charge in [0.2, 0.25) is 0 Å². The van der Waals surface area contributed by atoms with Crippen molar-refractivity contribution < 1.29 is 4.39 Å². The van der Waals surface area contributed by atoms with Crippen molar-refractivity contribution in [2.75, 3.05) is 5.32 Å². The third-order valence-corrected chi connectivity index (χ3v) is 5.91. The Balaban J connectivity index is 1.50. The first-order valence-corrected chi connectivity index (χ1v) is 11.7. The zero-order valence-electron chi connectivity index (χ0n) is 20.0. The summed E-state index contributed by atoms with van der Waals surface area (Å²) in [6.07, 6.45) is 4.93. The zero-order chi connectivity index (χ0) is 24.8. The molecule has 0 fully saturated rings. The molecule has 178 valence electrons. The van der Waals surface area contributed by atoms with Crippen LogP contribution in [0.25, 0.3) is 56.1 Å². The van der Waals surface area contributed by atoms with Crippen molar-refractivity contribution in [3.05, 3.63) is 72.4 Å². The first kappa shape index (κ1) is 21.8. The van der Waals surface area contributed by atoms with Crippen molar-refractivity contribution in [2.45, 2.75) is 26.8 Å². The number of imidazole rings is 1. The summed E-state index contributed by atoms with van der Waals surface area (Å²) in [5.74, 6) is 0.0373. The molecule has 8 nitrogen and oxygen atoms in total. The molecule has 9 heteroatoms. The van der Waals surface area contributed by atoms with Crippen LogP contribution in [-0.4, -0.2) is 41.2 Å². The molecule has 0 saturated carbocycles. The molecule has 0 spiro atoms. The molecule has 0 aliphatic carbocycles. The van der Waals surface area contributed by atoms with Crippen molar-refractivity contribution in [2.24, 2.45) is 0 Å². The van der Waals surface area contributed by atoms with Crippen molar-refractivity contribution >= 4 is 27.8 Å². The lowest BCUT2D eigenvalue weighted by molar-refractivity contribution is 0.642. The van der Waals surface area contributed by atoms with Gasteiger partial charge >= 0.3 is 0 Å². The van der Waals surface area contributed by atoms with Crippen LogP contribution < -0.4 is 5.32 Å². The Morgan fingerprint density at radius 1 is 1.00 bits per heavy atom. The quantitative estimate of drug-likeness (QED) is 0.285. The van der Waals surface area contributed by atoms with Crippen LogP contribution in [0.5, 0.6) is 0 Å². The van der Waals surface area contributed by atoms with E-state index in [4.69, 9.17) is 4.98 Å². The van der Waals surface area contributed by atoms with Crippen LogP contribution >= 0.6 is 0 Å². The number of pyridine rings is 3. The minimum Gasteiger partial charge on any atom is -0.383 e. The molecule has 0 saturated heterocycles. The maximum Gasteiger partial charge on any atom is 0.184 e. The van der Waals surface area contributed by atoms with Crippen LogP contribution in [0.3, 0.4) is 0 Å². The highest BCUT2D eigenvalue weighted by Gasteiger charge is 2.21. The van der Waals surface area contributed by atoms with E-state index in [0.29, 0.717) is 34.0 Å². The third-order valence-electron chi connectivity index (χ3n) is 5.91. The SMILES string of the molecule is Cc1cc(NC(C)C)cc(-c2cnc3n[nH]c(-c4nc5c(-c6ccccn6)nccc5[nH]4)c3c2F)c1. The van der Waals surface area contributed by atoms with E-state index in [2.05, 4.69) is 49.3 Å². The molecule has 0 atom stereocenters. The fourth-order valence-electron chi connectivity index (χ4n) is 4.42. The van der Waals surface area contributed by atoms with Gasteiger partial charge in [-0.1, -0.05) is 12.1 Å². The number of hydrogen-bond donors (Lipinski definition) is 3. The second-order valence-electron chi connectivity index (χ2n) is 9.03. The molecular formula is C27H23FN8. The number of nitrogens with zero attached hydrogens (tertiary/aromatic N) is 5. The van der Waals surface area contributed by atoms with Gasteiger partial charge in [0.05, 0.1) is 16.6 Å². The lowest BCUT2D eigenvalue weighted by Gasteiger charge is -2.13. The Morgan fingerprint density at radius 2 is 1.89 bits per heavy atom. The minimum absolute atomic E-state index is 0.254. The average Bonchev–Trinajstić information content (AvgIpc) is 3.48. The Morgan fingerprint density at radius 3 is 2.69 bits per heavy atom. The summed E-state index contributed by atoms with van der Waals surface area (Å²) >= 11 is 0. The Labute approximate surface area is 206 Å². The summed E-state index contributed by atoms with van der Waals surface area (Å²) in [6, 6.07) is 13.6. The predicted octanol–water partition coefficient (Wildman–Crippen LogP) is 5.89. The predicted molar refractivity (Wildman–Crippen MR) is 139 cm³/mol. The van der Waals surface area contributed by atoms with Crippen LogP contribution in [0.4, 0.5) is 10.1 Å². The van der Waals surface area contributed by atoms with Gasteiger partial charge in [0.1, 0.15) is 22.7 Å². The highest BCUT2D eigenvalue weighted by Crippen LogP contribution is 2.35. The molecule has 0 bridgehead atoms. The molecule has 5 aromatic heterocycles. The topological polar surface area (TPSA) is 108 Å². The van der Waals surface area contributed by atoms with E-state index < -0.39 is 5.82 Å². The minimum atomic E-state index is -0.409. The standard InChI is InChI=1S/C27H23FN8/c1-14(2)32-17-11-15(3)10-16(12-17)18-13-31-26-21(22(18)28)25(35-36-26)27-33-20-7-9-30-23(24(20)34-27)19-6-4-5-8-29-19/h4-14,32H,1-3H3,(H,33,34)(H,31,35,36). The number of H-pyrrole nitrogens is 2. The molecular weight excluding hydrogens is 455 g/mol. The first-order chi connectivity index (χ1) is 17.5. The van der Waals surface area contributed by atoms with E-state index in [9.17, 15) is 0 Å². The van der Waals surface area contributed by atoms with Gasteiger partial charge in [0.25, 0.3) is 0 Å². The summed E-state index contributed by atoms with van der Waals surface area (Å²) in [5.41, 5.74) is 6.54. The molecule has 1 aromatic carbocycles. The van der Waals surface area contributed by atoms with Gasteiger partial charge in [0, 0.05) is 35.9 Å². The number of halogens is 1. The molecule has 0 radical (unpaired) electrons. The van der Waals surface area contributed by atoms with Crippen molar-refractivity contribution in [1.29, 1.82) is 0 Å². The van der Waals surface area contributed by atoms with Gasteiger partial charge < -0.3 is 10.3 Å². The lowest BCUT2D eigenvalue weighted by atomic mass is 10.0. The number of rotatable bonds is 5. The average molecular weight is 479 g/mol. The summed E-state index contributed by atoms with van der Waals surface area (Å²) in [4.78, 5) is 21.3. The molecule has 3 N–H and O–H groups in total. The van der Waals surface area contributed by atoms with E-state index in [-0.39, 0.29) is 17.1 Å². The van der Waals surface area contributed by atoms with Crippen molar-refractivity contribution in [3.63, 3.8) is 0 Å². The van der Waals surface area contributed by atoms with E-state index in [1.807, 2.05) is 49.4 Å². The Hall–Kier alpha value is -4.66. The largest absolute Gasteiger partial charge is 0.383 e. The monoisotopic (exact) mass is 478 g/mol. The number of anilines is 1. The van der Waals surface area contributed by atoms with Crippen molar-refractivity contribution in [3.8, 4) is 34.0 Å². The summed E-state index contributed by atoms with van der Waals surface area (Å²) in [6.45, 7) is 6.12. The van der Waals surface area contributed by atoms with Gasteiger partial charge in [-0.2, -0.15) is 5.10 Å². The highest BCUT2D eigenvalue weighted by molar-refractivity contribution is 5.96. The van der Waals surface area contributed by atoms with Crippen LogP contribution in [0.1, 0.15) is 19.4 Å². The summed E-state index contributed by atoms with van der Waals surface area (Å²) in [7, 11) is 0. The van der Waals surface area contributed by atoms with Crippen LogP contribution in [0.15, 0.2) is 61.1 Å². The molecule has 0 aliphatic rings. The number of aryl methyl sites for hydroxylation is 1. The number of fused-ring (bicyclic) bond motifs is 2.